The zero-order chi connectivity index (χ0) is 13.7. The molecule has 4 bridgehead atoms. The quantitative estimate of drug-likeness (QED) is 0.912. The number of aryl methyl sites for hydroxylation is 1. The maximum absolute atomic E-state index is 4.36. The van der Waals surface area contributed by atoms with Crippen LogP contribution in [0.2, 0.25) is 0 Å². The fraction of sp³-hybridized carbons (Fsp3) is 0.824. The van der Waals surface area contributed by atoms with E-state index < -0.39 is 0 Å². The number of aromatic nitrogens is 2. The van der Waals surface area contributed by atoms with E-state index in [2.05, 4.69) is 30.6 Å². The predicted molar refractivity (Wildman–Crippen MR) is 80.2 cm³/mol. The van der Waals surface area contributed by atoms with Crippen molar-refractivity contribution < 1.29 is 0 Å². The van der Waals surface area contributed by atoms with Gasteiger partial charge in [-0.15, -0.1) is 0 Å². The van der Waals surface area contributed by atoms with Crippen molar-refractivity contribution in [3.63, 3.8) is 0 Å². The first kappa shape index (κ1) is 12.9. The second kappa shape index (κ2) is 4.59. The summed E-state index contributed by atoms with van der Waals surface area (Å²) in [5.41, 5.74) is 1.98. The SMILES string of the molecule is CNC(CC12CC3CC(CC(C3)C1)C2)c1ccnn1C. The summed E-state index contributed by atoms with van der Waals surface area (Å²) >= 11 is 0. The zero-order valence-electron chi connectivity index (χ0n) is 12.8. The van der Waals surface area contributed by atoms with E-state index in [1.54, 1.807) is 0 Å². The Bertz CT molecular complexity index is 455. The molecular weight excluding hydrogens is 246 g/mol. The van der Waals surface area contributed by atoms with Gasteiger partial charge in [-0.2, -0.15) is 5.10 Å². The maximum Gasteiger partial charge on any atom is 0.0550 e. The zero-order valence-corrected chi connectivity index (χ0v) is 12.8. The second-order valence-corrected chi connectivity index (χ2v) is 7.84. The molecule has 4 saturated carbocycles. The summed E-state index contributed by atoms with van der Waals surface area (Å²) in [6.45, 7) is 0. The molecule has 4 aliphatic rings. The van der Waals surface area contributed by atoms with Crippen LogP contribution < -0.4 is 5.32 Å². The third-order valence-electron chi connectivity index (χ3n) is 6.37. The van der Waals surface area contributed by atoms with Crippen LogP contribution in [-0.2, 0) is 7.05 Å². The molecular formula is C17H27N3. The van der Waals surface area contributed by atoms with Gasteiger partial charge in [0.1, 0.15) is 0 Å². The lowest BCUT2D eigenvalue weighted by Crippen LogP contribution is -2.47. The van der Waals surface area contributed by atoms with Crippen molar-refractivity contribution in [2.45, 2.75) is 51.0 Å². The normalized spacial score (nSPS) is 40.2. The summed E-state index contributed by atoms with van der Waals surface area (Å²) in [6.07, 6.45) is 12.3. The minimum absolute atomic E-state index is 0.471. The Morgan fingerprint density at radius 3 is 2.30 bits per heavy atom. The van der Waals surface area contributed by atoms with Gasteiger partial charge in [0, 0.05) is 19.3 Å². The molecule has 1 heterocycles. The third-order valence-corrected chi connectivity index (χ3v) is 6.37. The van der Waals surface area contributed by atoms with E-state index >= 15 is 0 Å². The Morgan fingerprint density at radius 2 is 1.85 bits per heavy atom. The molecule has 110 valence electrons. The lowest BCUT2D eigenvalue weighted by molar-refractivity contribution is -0.0622. The van der Waals surface area contributed by atoms with Crippen molar-refractivity contribution >= 4 is 0 Å². The average molecular weight is 273 g/mol. The number of hydrogen-bond acceptors (Lipinski definition) is 2. The molecule has 0 amide bonds. The Hall–Kier alpha value is -0.830. The van der Waals surface area contributed by atoms with Crippen LogP contribution in [0.3, 0.4) is 0 Å². The summed E-state index contributed by atoms with van der Waals surface area (Å²) in [6, 6.07) is 2.65. The molecule has 0 aromatic carbocycles. The number of nitrogens with one attached hydrogen (secondary N) is 1. The standard InChI is InChI=1S/C17H27N3/c1-18-15(16-3-4-19-20(16)2)11-17-8-12-5-13(9-17)7-14(6-12)10-17/h3-4,12-15,18H,5-11H2,1-2H3. The van der Waals surface area contributed by atoms with Crippen LogP contribution in [0.25, 0.3) is 0 Å². The smallest absolute Gasteiger partial charge is 0.0550 e. The van der Waals surface area contributed by atoms with Crippen LogP contribution in [0.4, 0.5) is 0 Å². The maximum atomic E-state index is 4.36. The van der Waals surface area contributed by atoms with Crippen molar-refractivity contribution in [2.75, 3.05) is 7.05 Å². The average Bonchev–Trinajstić information content (AvgIpc) is 2.80. The highest BCUT2D eigenvalue weighted by molar-refractivity contribution is 5.10. The molecule has 4 aliphatic carbocycles. The van der Waals surface area contributed by atoms with E-state index in [-0.39, 0.29) is 0 Å². The summed E-state index contributed by atoms with van der Waals surface area (Å²) in [5.74, 6) is 3.14. The second-order valence-electron chi connectivity index (χ2n) is 7.84. The number of hydrogen-bond donors (Lipinski definition) is 1. The summed E-state index contributed by atoms with van der Waals surface area (Å²) in [5, 5.41) is 7.92. The molecule has 3 heteroatoms. The first-order chi connectivity index (χ1) is 9.67. The number of nitrogens with zero attached hydrogens (tertiary/aromatic N) is 2. The van der Waals surface area contributed by atoms with Crippen molar-refractivity contribution in [3.8, 4) is 0 Å². The summed E-state index contributed by atoms with van der Waals surface area (Å²) in [7, 11) is 4.18. The fourth-order valence-corrected chi connectivity index (χ4v) is 6.05. The van der Waals surface area contributed by atoms with E-state index in [1.807, 2.05) is 10.9 Å². The molecule has 1 N–H and O–H groups in total. The van der Waals surface area contributed by atoms with Crippen LogP contribution in [0, 0.1) is 23.2 Å². The molecule has 3 nitrogen and oxygen atoms in total. The topological polar surface area (TPSA) is 29.9 Å². The van der Waals surface area contributed by atoms with E-state index in [9.17, 15) is 0 Å². The van der Waals surface area contributed by atoms with Crippen molar-refractivity contribution in [3.05, 3.63) is 18.0 Å². The van der Waals surface area contributed by atoms with E-state index in [4.69, 9.17) is 0 Å². The van der Waals surface area contributed by atoms with Gasteiger partial charge in [-0.1, -0.05) is 0 Å². The van der Waals surface area contributed by atoms with Gasteiger partial charge in [-0.05, 0) is 81.2 Å². The Kier molecular flexibility index (Phi) is 2.95. The van der Waals surface area contributed by atoms with E-state index in [0.29, 0.717) is 11.5 Å². The molecule has 5 rings (SSSR count). The molecule has 1 atom stereocenters. The number of rotatable bonds is 4. The van der Waals surface area contributed by atoms with Gasteiger partial charge in [-0.25, -0.2) is 0 Å². The molecule has 0 radical (unpaired) electrons. The highest BCUT2D eigenvalue weighted by Crippen LogP contribution is 2.62. The Balaban J connectivity index is 1.57. The van der Waals surface area contributed by atoms with Crippen LogP contribution in [-0.4, -0.2) is 16.8 Å². The molecule has 4 fully saturated rings. The third kappa shape index (κ3) is 2.02. The first-order valence-electron chi connectivity index (χ1n) is 8.33. The van der Waals surface area contributed by atoms with Gasteiger partial charge in [0.05, 0.1) is 5.69 Å². The van der Waals surface area contributed by atoms with Crippen molar-refractivity contribution in [2.24, 2.45) is 30.2 Å². The van der Waals surface area contributed by atoms with Crippen molar-refractivity contribution in [1.82, 2.24) is 15.1 Å². The predicted octanol–water partition coefficient (Wildman–Crippen LogP) is 3.29. The van der Waals surface area contributed by atoms with Crippen LogP contribution >= 0.6 is 0 Å². The molecule has 20 heavy (non-hydrogen) atoms. The molecule has 0 aliphatic heterocycles. The minimum Gasteiger partial charge on any atom is -0.312 e. The summed E-state index contributed by atoms with van der Waals surface area (Å²) in [4.78, 5) is 0. The van der Waals surface area contributed by atoms with E-state index in [1.165, 1.54) is 50.6 Å². The van der Waals surface area contributed by atoms with Gasteiger partial charge in [-0.3, -0.25) is 4.68 Å². The van der Waals surface area contributed by atoms with Crippen molar-refractivity contribution in [1.29, 1.82) is 0 Å². The van der Waals surface area contributed by atoms with Gasteiger partial charge < -0.3 is 5.32 Å². The summed E-state index contributed by atoms with van der Waals surface area (Å²) < 4.78 is 2.04. The lowest BCUT2D eigenvalue weighted by atomic mass is 9.48. The fourth-order valence-electron chi connectivity index (χ4n) is 6.05. The van der Waals surface area contributed by atoms with Gasteiger partial charge in [0.15, 0.2) is 0 Å². The molecule has 1 aromatic rings. The largest absolute Gasteiger partial charge is 0.312 e. The first-order valence-corrected chi connectivity index (χ1v) is 8.33. The molecule has 1 aromatic heterocycles. The highest BCUT2D eigenvalue weighted by Gasteiger charge is 2.51. The Morgan fingerprint density at radius 1 is 1.25 bits per heavy atom. The van der Waals surface area contributed by atoms with Crippen LogP contribution in [0.15, 0.2) is 12.3 Å². The van der Waals surface area contributed by atoms with Gasteiger partial charge in [0.25, 0.3) is 0 Å². The Labute approximate surface area is 122 Å². The van der Waals surface area contributed by atoms with Crippen LogP contribution in [0.5, 0.6) is 0 Å². The molecule has 0 saturated heterocycles. The molecule has 1 unspecified atom stereocenters. The van der Waals surface area contributed by atoms with E-state index in [0.717, 1.165) is 17.8 Å². The van der Waals surface area contributed by atoms with Crippen LogP contribution in [0.1, 0.15) is 56.7 Å². The monoisotopic (exact) mass is 273 g/mol. The van der Waals surface area contributed by atoms with Gasteiger partial charge in [0.2, 0.25) is 0 Å². The highest BCUT2D eigenvalue weighted by atomic mass is 15.3. The lowest BCUT2D eigenvalue weighted by Gasteiger charge is -2.57. The minimum atomic E-state index is 0.471. The van der Waals surface area contributed by atoms with Gasteiger partial charge >= 0.3 is 0 Å². The molecule has 0 spiro atoms.